The molecule has 1 aliphatic carbocycles. The normalized spacial score (nSPS) is 18.7. The zero-order valence-corrected chi connectivity index (χ0v) is 17.9. The van der Waals surface area contributed by atoms with E-state index in [4.69, 9.17) is 4.74 Å². The molecule has 0 amide bonds. The lowest BCUT2D eigenvalue weighted by molar-refractivity contribution is -0.137. The molecule has 2 heterocycles. The second-order valence-corrected chi connectivity index (χ2v) is 8.02. The van der Waals surface area contributed by atoms with Gasteiger partial charge in [-0.2, -0.15) is 18.2 Å². The number of nitrogens with zero attached hydrogens (tertiary/aromatic N) is 3. The molecule has 4 rings (SSSR count). The van der Waals surface area contributed by atoms with Crippen LogP contribution >= 0.6 is 0 Å². The van der Waals surface area contributed by atoms with Gasteiger partial charge in [0.25, 0.3) is 0 Å². The van der Waals surface area contributed by atoms with Crippen molar-refractivity contribution in [1.29, 1.82) is 0 Å². The molecule has 0 bridgehead atoms. The molecule has 0 aliphatic heterocycles. The summed E-state index contributed by atoms with van der Waals surface area (Å²) in [6.07, 6.45) is 2.00. The highest BCUT2D eigenvalue weighted by Crippen LogP contribution is 2.35. The molecule has 1 aromatic carbocycles. The molecule has 3 aromatic rings. The van der Waals surface area contributed by atoms with Gasteiger partial charge >= 0.3 is 6.18 Å². The smallest absolute Gasteiger partial charge is 0.421 e. The summed E-state index contributed by atoms with van der Waals surface area (Å²) in [7, 11) is 0. The van der Waals surface area contributed by atoms with E-state index in [0.717, 1.165) is 12.7 Å². The molecule has 1 fully saturated rings. The molecule has 7 nitrogen and oxygen atoms in total. The molecule has 3 N–H and O–H groups in total. The van der Waals surface area contributed by atoms with Gasteiger partial charge in [-0.25, -0.2) is 4.98 Å². The SMILES string of the molecule is OC1CCC(Nc2nc(Nc3ccc(OCCn4cccc4)cc3)ncc2C(F)(F)F)CC1. The maximum Gasteiger partial charge on any atom is 0.421 e. The van der Waals surface area contributed by atoms with Crippen LogP contribution in [0.3, 0.4) is 0 Å². The summed E-state index contributed by atoms with van der Waals surface area (Å²) < 4.78 is 48.1. The van der Waals surface area contributed by atoms with Crippen molar-refractivity contribution in [2.75, 3.05) is 17.2 Å². The lowest BCUT2D eigenvalue weighted by Gasteiger charge is -2.27. The molecule has 1 aliphatic rings. The van der Waals surface area contributed by atoms with Crippen molar-refractivity contribution in [3.8, 4) is 5.75 Å². The summed E-state index contributed by atoms with van der Waals surface area (Å²) in [5, 5.41) is 15.5. The van der Waals surface area contributed by atoms with Gasteiger partial charge < -0.3 is 25.0 Å². The topological polar surface area (TPSA) is 84.2 Å². The van der Waals surface area contributed by atoms with E-state index in [1.54, 1.807) is 24.3 Å². The number of aliphatic hydroxyl groups is 1. The minimum absolute atomic E-state index is 0.0580. The lowest BCUT2D eigenvalue weighted by Crippen LogP contribution is -2.29. The van der Waals surface area contributed by atoms with Gasteiger partial charge in [-0.15, -0.1) is 0 Å². The first-order valence-corrected chi connectivity index (χ1v) is 10.9. The molecule has 0 unspecified atom stereocenters. The molecule has 0 spiro atoms. The Kier molecular flexibility index (Phi) is 7.02. The Labute approximate surface area is 189 Å². The Bertz CT molecular complexity index is 1020. The molecule has 33 heavy (non-hydrogen) atoms. The summed E-state index contributed by atoms with van der Waals surface area (Å²) in [5.41, 5.74) is -0.287. The molecule has 0 saturated heterocycles. The van der Waals surface area contributed by atoms with Crippen LogP contribution < -0.4 is 15.4 Å². The summed E-state index contributed by atoms with van der Waals surface area (Å²) in [6, 6.07) is 10.8. The van der Waals surface area contributed by atoms with Gasteiger partial charge in [0.2, 0.25) is 5.95 Å². The largest absolute Gasteiger partial charge is 0.492 e. The van der Waals surface area contributed by atoms with Crippen LogP contribution in [-0.4, -0.2) is 38.4 Å². The molecular weight excluding hydrogens is 435 g/mol. The van der Waals surface area contributed by atoms with E-state index < -0.39 is 17.8 Å². The number of aliphatic hydroxyl groups excluding tert-OH is 1. The van der Waals surface area contributed by atoms with Crippen molar-refractivity contribution in [3.63, 3.8) is 0 Å². The van der Waals surface area contributed by atoms with E-state index in [-0.39, 0.29) is 17.8 Å². The average molecular weight is 461 g/mol. The summed E-state index contributed by atoms with van der Waals surface area (Å²) in [6.45, 7) is 1.23. The Morgan fingerprint density at radius 3 is 2.42 bits per heavy atom. The molecule has 10 heteroatoms. The van der Waals surface area contributed by atoms with E-state index in [9.17, 15) is 18.3 Å². The van der Waals surface area contributed by atoms with Gasteiger partial charge in [0, 0.05) is 30.3 Å². The Balaban J connectivity index is 1.40. The minimum atomic E-state index is -4.57. The van der Waals surface area contributed by atoms with Gasteiger partial charge in [-0.05, 0) is 62.1 Å². The third kappa shape index (κ3) is 6.38. The maximum absolute atomic E-state index is 13.5. The predicted molar refractivity (Wildman–Crippen MR) is 119 cm³/mol. The van der Waals surface area contributed by atoms with Crippen molar-refractivity contribution in [2.24, 2.45) is 0 Å². The number of hydrogen-bond acceptors (Lipinski definition) is 6. The monoisotopic (exact) mass is 461 g/mol. The van der Waals surface area contributed by atoms with Gasteiger partial charge in [-0.3, -0.25) is 0 Å². The predicted octanol–water partition coefficient (Wildman–Crippen LogP) is 4.83. The van der Waals surface area contributed by atoms with E-state index >= 15 is 0 Å². The minimum Gasteiger partial charge on any atom is -0.492 e. The lowest BCUT2D eigenvalue weighted by atomic mass is 9.93. The van der Waals surface area contributed by atoms with Crippen LogP contribution in [0.25, 0.3) is 0 Å². The van der Waals surface area contributed by atoms with Crippen molar-refractivity contribution < 1.29 is 23.0 Å². The van der Waals surface area contributed by atoms with Gasteiger partial charge in [0.1, 0.15) is 23.7 Å². The van der Waals surface area contributed by atoms with Crippen LogP contribution in [0, 0.1) is 0 Å². The molecular formula is C23H26F3N5O2. The van der Waals surface area contributed by atoms with Crippen LogP contribution in [0.2, 0.25) is 0 Å². The fourth-order valence-electron chi connectivity index (χ4n) is 3.72. The standard InChI is InChI=1S/C23H26F3N5O2/c24-23(25,26)20-15-27-22(30-21(20)28-16-3-7-18(32)8-4-16)29-17-5-9-19(10-6-17)33-14-13-31-11-1-2-12-31/h1-2,5-6,9-12,15-16,18,32H,3-4,7-8,13-14H2,(H2,27,28,29,30). The number of alkyl halides is 3. The van der Waals surface area contributed by atoms with Crippen LogP contribution in [0.15, 0.2) is 55.0 Å². The number of ether oxygens (including phenoxy) is 1. The van der Waals surface area contributed by atoms with Gasteiger partial charge in [0.15, 0.2) is 0 Å². The Morgan fingerprint density at radius 1 is 1.06 bits per heavy atom. The number of hydrogen-bond donors (Lipinski definition) is 3. The number of halogens is 3. The first kappa shape index (κ1) is 22.9. The average Bonchev–Trinajstić information content (AvgIpc) is 3.30. The summed E-state index contributed by atoms with van der Waals surface area (Å²) in [5.74, 6) is 0.483. The molecule has 0 radical (unpaired) electrons. The number of anilines is 3. The number of nitrogens with one attached hydrogen (secondary N) is 2. The van der Waals surface area contributed by atoms with E-state index in [0.29, 0.717) is 43.7 Å². The van der Waals surface area contributed by atoms with E-state index in [1.807, 2.05) is 29.1 Å². The highest BCUT2D eigenvalue weighted by Gasteiger charge is 2.36. The Hall–Kier alpha value is -3.27. The van der Waals surface area contributed by atoms with Crippen molar-refractivity contribution in [2.45, 2.75) is 50.6 Å². The van der Waals surface area contributed by atoms with E-state index in [2.05, 4.69) is 20.6 Å². The third-order valence-electron chi connectivity index (χ3n) is 5.53. The molecule has 176 valence electrons. The second-order valence-electron chi connectivity index (χ2n) is 8.02. The van der Waals surface area contributed by atoms with Crippen LogP contribution in [0.4, 0.5) is 30.6 Å². The van der Waals surface area contributed by atoms with Crippen LogP contribution in [0.5, 0.6) is 5.75 Å². The zero-order chi connectivity index (χ0) is 23.3. The number of benzene rings is 1. The van der Waals surface area contributed by atoms with Gasteiger partial charge in [-0.1, -0.05) is 0 Å². The first-order chi connectivity index (χ1) is 15.9. The van der Waals surface area contributed by atoms with Crippen LogP contribution in [0.1, 0.15) is 31.2 Å². The van der Waals surface area contributed by atoms with Crippen molar-refractivity contribution in [3.05, 3.63) is 60.6 Å². The van der Waals surface area contributed by atoms with Crippen LogP contribution in [-0.2, 0) is 12.7 Å². The quantitative estimate of drug-likeness (QED) is 0.446. The Morgan fingerprint density at radius 2 is 1.76 bits per heavy atom. The summed E-state index contributed by atoms with van der Waals surface area (Å²) in [4.78, 5) is 7.95. The van der Waals surface area contributed by atoms with Crippen molar-refractivity contribution >= 4 is 17.5 Å². The fraction of sp³-hybridized carbons (Fsp3) is 0.391. The maximum atomic E-state index is 13.5. The number of aromatic nitrogens is 3. The number of rotatable bonds is 8. The zero-order valence-electron chi connectivity index (χ0n) is 17.9. The van der Waals surface area contributed by atoms with Gasteiger partial charge in [0.05, 0.1) is 12.6 Å². The molecule has 2 aromatic heterocycles. The summed E-state index contributed by atoms with van der Waals surface area (Å²) >= 11 is 0. The fourth-order valence-corrected chi connectivity index (χ4v) is 3.72. The highest BCUT2D eigenvalue weighted by atomic mass is 19.4. The molecule has 1 saturated carbocycles. The first-order valence-electron chi connectivity index (χ1n) is 10.9. The molecule has 0 atom stereocenters. The second kappa shape index (κ2) is 10.1. The van der Waals surface area contributed by atoms with E-state index in [1.165, 1.54) is 0 Å². The highest BCUT2D eigenvalue weighted by molar-refractivity contribution is 5.57. The van der Waals surface area contributed by atoms with Crippen molar-refractivity contribution in [1.82, 2.24) is 14.5 Å². The third-order valence-corrected chi connectivity index (χ3v) is 5.53.